The van der Waals surface area contributed by atoms with Crippen LogP contribution in [0.15, 0.2) is 461 Å². The van der Waals surface area contributed by atoms with Crippen molar-refractivity contribution < 1.29 is 0 Å². The van der Waals surface area contributed by atoms with E-state index in [1.54, 1.807) is 0 Å². The number of benzene rings is 18. The van der Waals surface area contributed by atoms with Crippen LogP contribution in [0.25, 0.3) is 201 Å². The van der Waals surface area contributed by atoms with Gasteiger partial charge in [0.25, 0.3) is 0 Å². The molecule has 0 aliphatic rings. The van der Waals surface area contributed by atoms with Crippen LogP contribution in [0.5, 0.6) is 0 Å². The quantitative estimate of drug-likeness (QED) is 0.0859. The minimum absolute atomic E-state index is 0.950. The lowest BCUT2D eigenvalue weighted by atomic mass is 9.93. The van der Waals surface area contributed by atoms with Crippen molar-refractivity contribution in [2.45, 2.75) is 76.2 Å². The lowest BCUT2D eigenvalue weighted by Crippen LogP contribution is -1.94. The summed E-state index contributed by atoms with van der Waals surface area (Å²) in [5, 5.41) is 0. The Morgan fingerprint density at radius 2 is 0.277 bits per heavy atom. The summed E-state index contributed by atoms with van der Waals surface area (Å²) in [5.41, 5.74) is 55.1. The van der Waals surface area contributed by atoms with Crippen molar-refractivity contribution in [3.05, 3.63) is 522 Å². The van der Waals surface area contributed by atoms with Gasteiger partial charge >= 0.3 is 0 Å². The van der Waals surface area contributed by atoms with Gasteiger partial charge in [0.1, 0.15) is 0 Å². The van der Waals surface area contributed by atoms with Gasteiger partial charge in [-0.2, -0.15) is 0 Å². The van der Waals surface area contributed by atoms with Crippen molar-refractivity contribution in [2.24, 2.45) is 0 Å². The molecule has 137 heavy (non-hydrogen) atoms. The summed E-state index contributed by atoms with van der Waals surface area (Å²) in [6.07, 6.45) is 0. The molecule has 0 aliphatic heterocycles. The number of hydrogen-bond acceptors (Lipinski definition) is 3. The van der Waals surface area contributed by atoms with Gasteiger partial charge < -0.3 is 0 Å². The fraction of sp³-hybridized carbons (Fsp3) is 0.0821. The van der Waals surface area contributed by atoms with Crippen LogP contribution in [0, 0.1) is 76.2 Å². The monoisotopic (exact) mass is 1760 g/mol. The Hall–Kier alpha value is -16.6. The van der Waals surface area contributed by atoms with Crippen LogP contribution >= 0.6 is 0 Å². The molecule has 0 unspecified atom stereocenters. The van der Waals surface area contributed by atoms with Crippen LogP contribution in [0.4, 0.5) is 0 Å². The van der Waals surface area contributed by atoms with Crippen LogP contribution in [0.1, 0.15) is 61.2 Å². The van der Waals surface area contributed by atoms with E-state index < -0.39 is 0 Å². The third kappa shape index (κ3) is 21.4. The van der Waals surface area contributed by atoms with E-state index in [9.17, 15) is 0 Å². The van der Waals surface area contributed by atoms with Crippen molar-refractivity contribution >= 4 is 0 Å². The second kappa shape index (κ2) is 40.5. The zero-order valence-electron chi connectivity index (χ0n) is 79.7. The molecule has 21 rings (SSSR count). The van der Waals surface area contributed by atoms with Crippen molar-refractivity contribution in [1.82, 2.24) is 15.0 Å². The van der Waals surface area contributed by atoms with E-state index in [-0.39, 0.29) is 0 Å². The summed E-state index contributed by atoms with van der Waals surface area (Å²) in [7, 11) is 0. The summed E-state index contributed by atoms with van der Waals surface area (Å²) in [5.74, 6) is 0. The zero-order chi connectivity index (χ0) is 94.0. The maximum atomic E-state index is 5.40. The summed E-state index contributed by atoms with van der Waals surface area (Å²) in [6, 6.07) is 167. The van der Waals surface area contributed by atoms with Crippen LogP contribution in [-0.4, -0.2) is 15.0 Å². The molecule has 0 amide bonds. The maximum Gasteiger partial charge on any atom is 0.0716 e. The highest BCUT2D eigenvalue weighted by Gasteiger charge is 2.19. The summed E-state index contributed by atoms with van der Waals surface area (Å²) < 4.78 is 0. The first-order valence-corrected chi connectivity index (χ1v) is 47.4. The molecule has 0 spiro atoms. The van der Waals surface area contributed by atoms with Gasteiger partial charge in [0, 0.05) is 33.4 Å². The van der Waals surface area contributed by atoms with Gasteiger partial charge in [-0.1, -0.05) is 391 Å². The Morgan fingerprint density at radius 1 is 0.102 bits per heavy atom. The van der Waals surface area contributed by atoms with Gasteiger partial charge in [-0.3, -0.25) is 0 Å². The third-order valence-corrected chi connectivity index (χ3v) is 25.8. The Morgan fingerprint density at radius 3 is 0.584 bits per heavy atom. The predicted octanol–water partition coefficient (Wildman–Crippen LogP) is 36.6. The lowest BCUT2D eigenvalue weighted by molar-refractivity contribution is 1.31. The van der Waals surface area contributed by atoms with E-state index in [2.05, 4.69) is 537 Å². The predicted molar refractivity (Wildman–Crippen MR) is 583 cm³/mol. The largest absolute Gasteiger partial charge is 0.248 e. The van der Waals surface area contributed by atoms with Crippen molar-refractivity contribution in [3.63, 3.8) is 0 Å². The van der Waals surface area contributed by atoms with E-state index >= 15 is 0 Å². The number of aryl methyl sites for hydroxylation is 11. The molecule has 0 saturated carbocycles. The molecule has 3 heterocycles. The van der Waals surface area contributed by atoms with Crippen molar-refractivity contribution in [2.75, 3.05) is 0 Å². The van der Waals surface area contributed by atoms with Gasteiger partial charge in [0.05, 0.1) is 34.2 Å². The Bertz CT molecular complexity index is 7630. The van der Waals surface area contributed by atoms with Crippen LogP contribution in [0.2, 0.25) is 0 Å². The second-order valence-electron chi connectivity index (χ2n) is 36.8. The van der Waals surface area contributed by atoms with Gasteiger partial charge in [0.15, 0.2) is 0 Å². The number of pyridine rings is 3. The first kappa shape index (κ1) is 89.6. The van der Waals surface area contributed by atoms with E-state index in [1.165, 1.54) is 184 Å². The maximum absolute atomic E-state index is 5.40. The van der Waals surface area contributed by atoms with Crippen LogP contribution in [0.3, 0.4) is 0 Å². The molecule has 18 aromatic carbocycles. The molecule has 3 aromatic heterocycles. The number of hydrogen-bond donors (Lipinski definition) is 0. The molecule has 0 bridgehead atoms. The Labute approximate surface area is 808 Å². The molecular formula is C134H109N3. The fourth-order valence-corrected chi connectivity index (χ4v) is 18.7. The molecule has 3 heteroatoms. The minimum Gasteiger partial charge on any atom is -0.248 e. The molecule has 660 valence electrons. The Kier molecular flexibility index (Phi) is 26.5. The molecule has 0 fully saturated rings. The van der Waals surface area contributed by atoms with E-state index in [0.717, 1.165) is 78.7 Å². The highest BCUT2D eigenvalue weighted by molar-refractivity contribution is 5.88. The first-order valence-electron chi connectivity index (χ1n) is 47.4. The van der Waals surface area contributed by atoms with Crippen molar-refractivity contribution in [1.29, 1.82) is 0 Å². The summed E-state index contributed by atoms with van der Waals surface area (Å²) in [6.45, 7) is 23.7. The molecule has 3 nitrogen and oxygen atoms in total. The standard InChI is InChI=1S/2C51H41N.C32H27N/c1-34-12-8-16-39(22-34)41-18-10-20-43(28-41)45-24-36(3)26-48(30-45)50-32-47(38-14-6-5-7-15-38)33-51(52-50)49-27-37(4)25-46(31-49)44-21-11-19-42(29-44)40-17-9-13-35(2)23-40;1-34-22-24-36(3)48(26-34)43-18-8-14-39(28-43)41-16-10-20-45(30-41)50-32-47(38-12-6-5-7-13-38)33-51(52-50)46-21-11-17-42(31-46)40-15-9-19-44(29-40)49-27-35(2)23-25-37(49)4;1-22-7-4-10-27(17-22)25-13-15-26(16-14-25)30-20-31(28-11-5-8-23(2)18-28)33-32(21-30)29-12-6-9-24(3)19-29/h2*5-33H,1-4H3;4-21H,1-3H3. The topological polar surface area (TPSA) is 38.7 Å². The molecule has 21 aromatic rings. The lowest BCUT2D eigenvalue weighted by Gasteiger charge is -2.14. The van der Waals surface area contributed by atoms with E-state index in [1.807, 2.05) is 0 Å². The number of aromatic nitrogens is 3. The average molecular weight is 1760 g/mol. The molecule has 0 N–H and O–H groups in total. The van der Waals surface area contributed by atoms with Crippen molar-refractivity contribution in [3.8, 4) is 201 Å². The smallest absolute Gasteiger partial charge is 0.0716 e. The Balaban J connectivity index is 0.000000135. The SMILES string of the molecule is Cc1ccc(C)c(-c2cccc(-c3cccc(-c4cc(-c5ccccc5)cc(-c5cccc(-c6cccc(-c7cc(C)ccc7C)c6)c5)n4)c3)c2)c1.Cc1cccc(-c2ccc(-c3cc(-c4cccc(C)c4)nc(-c4cccc(C)c4)c3)cc2)c1.Cc1cccc(-c2cccc(-c3cc(C)cc(-c4cc(-c5ccccc5)cc(-c5cc(C)cc(-c6cccc(-c7cccc(C)c7)c6)c5)n4)c3)c2)c1. The van der Waals surface area contributed by atoms with Gasteiger partial charge in [-0.15, -0.1) is 0 Å². The average Bonchev–Trinajstić information content (AvgIpc) is 0.772. The molecule has 0 aliphatic carbocycles. The number of rotatable bonds is 18. The zero-order valence-corrected chi connectivity index (χ0v) is 79.7. The van der Waals surface area contributed by atoms with Gasteiger partial charge in [0.2, 0.25) is 0 Å². The molecular weight excluding hydrogens is 1650 g/mol. The summed E-state index contributed by atoms with van der Waals surface area (Å²) >= 11 is 0. The minimum atomic E-state index is 0.950. The third-order valence-electron chi connectivity index (χ3n) is 25.8. The highest BCUT2D eigenvalue weighted by Crippen LogP contribution is 2.42. The van der Waals surface area contributed by atoms with E-state index in [0.29, 0.717) is 0 Å². The van der Waals surface area contributed by atoms with Crippen LogP contribution in [-0.2, 0) is 0 Å². The second-order valence-corrected chi connectivity index (χ2v) is 36.8. The van der Waals surface area contributed by atoms with E-state index in [4.69, 9.17) is 15.0 Å². The van der Waals surface area contributed by atoms with Crippen LogP contribution < -0.4 is 0 Å². The summed E-state index contributed by atoms with van der Waals surface area (Å²) in [4.78, 5) is 15.8. The number of nitrogens with zero attached hydrogens (tertiary/aromatic N) is 3. The normalized spacial score (nSPS) is 11.0. The molecule has 0 radical (unpaired) electrons. The highest BCUT2D eigenvalue weighted by atomic mass is 14.7. The first-order chi connectivity index (χ1) is 66.8. The fourth-order valence-electron chi connectivity index (χ4n) is 18.7. The van der Waals surface area contributed by atoms with Gasteiger partial charge in [-0.25, -0.2) is 15.0 Å². The molecule has 0 saturated heterocycles. The molecule has 0 atom stereocenters. The van der Waals surface area contributed by atoms with Gasteiger partial charge in [-0.05, 0) is 341 Å².